The molecule has 1 aliphatic carbocycles. The van der Waals surface area contributed by atoms with Crippen LogP contribution in [-0.2, 0) is 17.6 Å². The molecule has 1 N–H and O–H groups in total. The minimum atomic E-state index is -0.693. The quantitative estimate of drug-likeness (QED) is 0.846. The van der Waals surface area contributed by atoms with Crippen LogP contribution in [0, 0.1) is 0 Å². The number of benzene rings is 1. The number of carbonyl (C=O) groups is 1. The minimum Gasteiger partial charge on any atom is -0.481 e. The molecule has 0 bridgehead atoms. The molecule has 0 amide bonds. The average Bonchev–Trinajstić information content (AvgIpc) is 2.30. The van der Waals surface area contributed by atoms with Crippen LogP contribution in [-0.4, -0.2) is 11.1 Å². The van der Waals surface area contributed by atoms with Crippen molar-refractivity contribution in [2.24, 2.45) is 0 Å². The van der Waals surface area contributed by atoms with Crippen LogP contribution in [0.5, 0.6) is 0 Å². The molecule has 1 atom stereocenters. The van der Waals surface area contributed by atoms with Gasteiger partial charge in [-0.15, -0.1) is 0 Å². The maximum absolute atomic E-state index is 11.2. The number of hydrogen-bond acceptors (Lipinski definition) is 1. The normalized spacial score (nSPS) is 16.6. The highest BCUT2D eigenvalue weighted by Gasteiger charge is 2.23. The lowest BCUT2D eigenvalue weighted by Gasteiger charge is -2.22. The van der Waals surface area contributed by atoms with Crippen LogP contribution in [0.15, 0.2) is 18.2 Å². The highest BCUT2D eigenvalue weighted by atomic mass is 16.4. The lowest BCUT2D eigenvalue weighted by atomic mass is 9.83. The van der Waals surface area contributed by atoms with Gasteiger partial charge in [-0.05, 0) is 48.8 Å². The fourth-order valence-corrected chi connectivity index (χ4v) is 2.66. The molecule has 0 aromatic heterocycles. The van der Waals surface area contributed by atoms with Crippen LogP contribution in [0.1, 0.15) is 48.8 Å². The van der Waals surface area contributed by atoms with E-state index in [1.165, 1.54) is 24.0 Å². The molecule has 16 heavy (non-hydrogen) atoms. The van der Waals surface area contributed by atoms with Gasteiger partial charge in [-0.25, -0.2) is 0 Å². The van der Waals surface area contributed by atoms with Crippen molar-refractivity contribution < 1.29 is 9.90 Å². The number of aliphatic carboxylic acids is 1. The highest BCUT2D eigenvalue weighted by Crippen LogP contribution is 2.30. The first-order valence-electron chi connectivity index (χ1n) is 6.07. The smallest absolute Gasteiger partial charge is 0.310 e. The maximum atomic E-state index is 11.2. The first-order chi connectivity index (χ1) is 7.74. The van der Waals surface area contributed by atoms with Crippen molar-refractivity contribution >= 4 is 5.97 Å². The van der Waals surface area contributed by atoms with Gasteiger partial charge in [0.05, 0.1) is 5.92 Å². The first-order valence-corrected chi connectivity index (χ1v) is 6.07. The second kappa shape index (κ2) is 4.69. The van der Waals surface area contributed by atoms with Crippen LogP contribution >= 0.6 is 0 Å². The van der Waals surface area contributed by atoms with E-state index in [9.17, 15) is 9.90 Å². The minimum absolute atomic E-state index is 0.326. The van der Waals surface area contributed by atoms with Crippen LogP contribution in [0.2, 0.25) is 0 Å². The predicted octanol–water partition coefficient (Wildman–Crippen LogP) is 3.14. The Morgan fingerprint density at radius 1 is 1.38 bits per heavy atom. The summed E-state index contributed by atoms with van der Waals surface area (Å²) in [7, 11) is 0. The van der Waals surface area contributed by atoms with Gasteiger partial charge >= 0.3 is 5.97 Å². The highest BCUT2D eigenvalue weighted by molar-refractivity contribution is 5.76. The van der Waals surface area contributed by atoms with Gasteiger partial charge in [-0.3, -0.25) is 4.79 Å². The number of rotatable bonds is 3. The summed E-state index contributed by atoms with van der Waals surface area (Å²) in [6, 6.07) is 6.14. The fraction of sp³-hybridized carbons (Fsp3) is 0.500. The molecule has 0 saturated carbocycles. The first kappa shape index (κ1) is 11.2. The molecule has 0 radical (unpaired) electrons. The Hall–Kier alpha value is -1.31. The molecule has 86 valence electrons. The molecular weight excluding hydrogens is 200 g/mol. The fourth-order valence-electron chi connectivity index (χ4n) is 2.66. The van der Waals surface area contributed by atoms with Crippen LogP contribution < -0.4 is 0 Å². The summed E-state index contributed by atoms with van der Waals surface area (Å²) in [6.07, 6.45) is 5.26. The molecule has 0 aliphatic heterocycles. The van der Waals surface area contributed by atoms with Crippen molar-refractivity contribution in [3.63, 3.8) is 0 Å². The Labute approximate surface area is 96.3 Å². The maximum Gasteiger partial charge on any atom is 0.310 e. The van der Waals surface area contributed by atoms with Gasteiger partial charge in [0.25, 0.3) is 0 Å². The molecule has 0 saturated heterocycles. The van der Waals surface area contributed by atoms with Crippen molar-refractivity contribution in [2.75, 3.05) is 0 Å². The van der Waals surface area contributed by atoms with E-state index in [0.717, 1.165) is 18.4 Å². The number of aryl methyl sites for hydroxylation is 1. The van der Waals surface area contributed by atoms with E-state index < -0.39 is 5.97 Å². The Kier molecular flexibility index (Phi) is 3.28. The molecule has 0 fully saturated rings. The number of carboxylic acids is 1. The van der Waals surface area contributed by atoms with E-state index in [1.54, 1.807) is 0 Å². The van der Waals surface area contributed by atoms with E-state index >= 15 is 0 Å². The Balaban J connectivity index is 2.43. The summed E-state index contributed by atoms with van der Waals surface area (Å²) in [5.41, 5.74) is 3.72. The van der Waals surface area contributed by atoms with E-state index in [0.29, 0.717) is 6.42 Å². The van der Waals surface area contributed by atoms with Gasteiger partial charge in [-0.1, -0.05) is 25.1 Å². The monoisotopic (exact) mass is 218 g/mol. The van der Waals surface area contributed by atoms with Gasteiger partial charge in [-0.2, -0.15) is 0 Å². The summed E-state index contributed by atoms with van der Waals surface area (Å²) in [5, 5.41) is 9.23. The Morgan fingerprint density at radius 2 is 2.12 bits per heavy atom. The summed E-state index contributed by atoms with van der Waals surface area (Å²) < 4.78 is 0. The number of fused-ring (bicyclic) bond motifs is 1. The molecular formula is C14H18O2. The second-order valence-electron chi connectivity index (χ2n) is 4.49. The third kappa shape index (κ3) is 1.97. The third-order valence-corrected chi connectivity index (χ3v) is 3.51. The van der Waals surface area contributed by atoms with Gasteiger partial charge in [0.2, 0.25) is 0 Å². The predicted molar refractivity (Wildman–Crippen MR) is 63.8 cm³/mol. The summed E-state index contributed by atoms with van der Waals surface area (Å²) >= 11 is 0. The van der Waals surface area contributed by atoms with Crippen molar-refractivity contribution in [3.05, 3.63) is 34.9 Å². The van der Waals surface area contributed by atoms with E-state index in [1.807, 2.05) is 19.1 Å². The van der Waals surface area contributed by atoms with Gasteiger partial charge in [0, 0.05) is 0 Å². The van der Waals surface area contributed by atoms with Crippen molar-refractivity contribution in [2.45, 2.75) is 44.9 Å². The average molecular weight is 218 g/mol. The van der Waals surface area contributed by atoms with E-state index in [-0.39, 0.29) is 5.92 Å². The zero-order valence-corrected chi connectivity index (χ0v) is 9.70. The topological polar surface area (TPSA) is 37.3 Å². The molecule has 2 heteroatoms. The number of carboxylic acid groups (broad SMARTS) is 1. The molecule has 1 aromatic rings. The molecule has 0 spiro atoms. The molecule has 0 heterocycles. The lowest BCUT2D eigenvalue weighted by Crippen LogP contribution is -2.15. The van der Waals surface area contributed by atoms with Crippen molar-refractivity contribution in [1.82, 2.24) is 0 Å². The van der Waals surface area contributed by atoms with Gasteiger partial charge in [0.15, 0.2) is 0 Å². The molecule has 1 unspecified atom stereocenters. The van der Waals surface area contributed by atoms with Crippen LogP contribution in [0.25, 0.3) is 0 Å². The summed E-state index contributed by atoms with van der Waals surface area (Å²) in [4.78, 5) is 11.2. The second-order valence-corrected chi connectivity index (χ2v) is 4.49. The Bertz CT molecular complexity index is 396. The molecule has 1 aliphatic rings. The zero-order valence-electron chi connectivity index (χ0n) is 9.70. The van der Waals surface area contributed by atoms with Crippen molar-refractivity contribution in [1.29, 1.82) is 0 Å². The zero-order chi connectivity index (χ0) is 11.5. The largest absolute Gasteiger partial charge is 0.481 e. The number of hydrogen-bond donors (Lipinski definition) is 1. The molecule has 2 nitrogen and oxygen atoms in total. The SMILES string of the molecule is CCC(C(=O)O)c1cccc2c1CCCC2. The Morgan fingerprint density at radius 3 is 2.81 bits per heavy atom. The van der Waals surface area contributed by atoms with Crippen molar-refractivity contribution in [3.8, 4) is 0 Å². The van der Waals surface area contributed by atoms with Crippen LogP contribution in [0.4, 0.5) is 0 Å². The summed E-state index contributed by atoms with van der Waals surface area (Å²) in [6.45, 7) is 1.95. The standard InChI is InChI=1S/C14H18O2/c1-2-11(14(15)16)13-9-5-7-10-6-3-4-8-12(10)13/h5,7,9,11H,2-4,6,8H2,1H3,(H,15,16). The molecule has 1 aromatic carbocycles. The van der Waals surface area contributed by atoms with Gasteiger partial charge in [0.1, 0.15) is 0 Å². The summed E-state index contributed by atoms with van der Waals surface area (Å²) in [5.74, 6) is -1.02. The van der Waals surface area contributed by atoms with Crippen LogP contribution in [0.3, 0.4) is 0 Å². The van der Waals surface area contributed by atoms with Gasteiger partial charge < -0.3 is 5.11 Å². The lowest BCUT2D eigenvalue weighted by molar-refractivity contribution is -0.138. The molecule has 2 rings (SSSR count). The third-order valence-electron chi connectivity index (χ3n) is 3.51. The van der Waals surface area contributed by atoms with E-state index in [4.69, 9.17) is 0 Å². The van der Waals surface area contributed by atoms with E-state index in [2.05, 4.69) is 6.07 Å².